The Bertz CT molecular complexity index is 505. The van der Waals surface area contributed by atoms with Crippen molar-refractivity contribution in [2.24, 2.45) is 0 Å². The minimum Gasteiger partial charge on any atom is -0.359 e. The van der Waals surface area contributed by atoms with Gasteiger partial charge in [0.05, 0.1) is 11.1 Å². The zero-order valence-electron chi connectivity index (χ0n) is 7.06. The summed E-state index contributed by atoms with van der Waals surface area (Å²) < 4.78 is 0.999. The number of benzene rings is 1. The van der Waals surface area contributed by atoms with Crippen LogP contribution in [0.1, 0.15) is 11.1 Å². The third kappa shape index (κ3) is 1.14. The molecule has 0 aliphatic heterocycles. The second-order valence-corrected chi connectivity index (χ2v) is 3.78. The molecule has 0 saturated carbocycles. The molecular formula is C10H7BrN2. The Kier molecular flexibility index (Phi) is 1.86. The van der Waals surface area contributed by atoms with Gasteiger partial charge in [-0.05, 0) is 28.4 Å². The summed E-state index contributed by atoms with van der Waals surface area (Å²) in [5.41, 5.74) is 2.64. The number of H-pyrrole nitrogens is 1. The standard InChI is InChI=1S/C10H7BrN2/c1-6-2-3-7-9(11)5-13-10(7)8(6)4-12/h2-3,5,13H,1H3. The molecule has 0 aliphatic rings. The van der Waals surface area contributed by atoms with E-state index < -0.39 is 0 Å². The zero-order valence-corrected chi connectivity index (χ0v) is 8.64. The van der Waals surface area contributed by atoms with E-state index in [4.69, 9.17) is 5.26 Å². The van der Waals surface area contributed by atoms with Gasteiger partial charge in [0.1, 0.15) is 6.07 Å². The molecule has 0 fully saturated rings. The molecule has 2 nitrogen and oxygen atoms in total. The van der Waals surface area contributed by atoms with Crippen LogP contribution >= 0.6 is 15.9 Å². The van der Waals surface area contributed by atoms with Crippen molar-refractivity contribution < 1.29 is 0 Å². The Morgan fingerprint density at radius 2 is 2.23 bits per heavy atom. The van der Waals surface area contributed by atoms with Gasteiger partial charge in [0, 0.05) is 16.1 Å². The average Bonchev–Trinajstić information content (AvgIpc) is 2.48. The second kappa shape index (κ2) is 2.90. The van der Waals surface area contributed by atoms with Crippen LogP contribution in [-0.4, -0.2) is 4.98 Å². The molecule has 2 rings (SSSR count). The van der Waals surface area contributed by atoms with Crippen LogP contribution in [0, 0.1) is 18.3 Å². The maximum Gasteiger partial charge on any atom is 0.102 e. The number of nitrogens with one attached hydrogen (secondary N) is 1. The van der Waals surface area contributed by atoms with Crippen LogP contribution in [0.15, 0.2) is 22.8 Å². The fraction of sp³-hybridized carbons (Fsp3) is 0.100. The van der Waals surface area contributed by atoms with Gasteiger partial charge in [-0.25, -0.2) is 0 Å². The molecular weight excluding hydrogens is 228 g/mol. The second-order valence-electron chi connectivity index (χ2n) is 2.93. The lowest BCUT2D eigenvalue weighted by atomic mass is 10.1. The Labute approximate surface area is 84.3 Å². The monoisotopic (exact) mass is 234 g/mol. The molecule has 0 spiro atoms. The number of aromatic nitrogens is 1. The summed E-state index contributed by atoms with van der Waals surface area (Å²) >= 11 is 3.41. The highest BCUT2D eigenvalue weighted by atomic mass is 79.9. The minimum atomic E-state index is 0.725. The summed E-state index contributed by atoms with van der Waals surface area (Å²) in [6.07, 6.45) is 1.85. The molecule has 1 aromatic heterocycles. The fourth-order valence-corrected chi connectivity index (χ4v) is 1.86. The first-order valence-corrected chi connectivity index (χ1v) is 4.69. The van der Waals surface area contributed by atoms with Gasteiger partial charge >= 0.3 is 0 Å². The van der Waals surface area contributed by atoms with E-state index in [1.807, 2.05) is 25.3 Å². The van der Waals surface area contributed by atoms with E-state index in [9.17, 15) is 0 Å². The van der Waals surface area contributed by atoms with E-state index >= 15 is 0 Å². The van der Waals surface area contributed by atoms with Gasteiger partial charge in [0.15, 0.2) is 0 Å². The molecule has 0 aliphatic carbocycles. The predicted molar refractivity (Wildman–Crippen MR) is 55.5 cm³/mol. The first-order chi connectivity index (χ1) is 6.24. The molecule has 0 amide bonds. The normalized spacial score (nSPS) is 10.2. The van der Waals surface area contributed by atoms with E-state index in [0.717, 1.165) is 26.5 Å². The third-order valence-corrected chi connectivity index (χ3v) is 2.78. The molecule has 1 aromatic carbocycles. The highest BCUT2D eigenvalue weighted by Gasteiger charge is 2.07. The molecule has 3 heteroatoms. The number of halogens is 1. The van der Waals surface area contributed by atoms with Gasteiger partial charge in [-0.1, -0.05) is 12.1 Å². The van der Waals surface area contributed by atoms with Crippen LogP contribution in [0.4, 0.5) is 0 Å². The Balaban J connectivity index is 2.95. The lowest BCUT2D eigenvalue weighted by molar-refractivity contribution is 1.38. The van der Waals surface area contributed by atoms with Gasteiger partial charge in [-0.2, -0.15) is 5.26 Å². The van der Waals surface area contributed by atoms with Crippen LogP contribution in [0.2, 0.25) is 0 Å². The Morgan fingerprint density at radius 1 is 1.46 bits per heavy atom. The maximum atomic E-state index is 8.94. The highest BCUT2D eigenvalue weighted by molar-refractivity contribution is 9.10. The first-order valence-electron chi connectivity index (χ1n) is 3.90. The van der Waals surface area contributed by atoms with E-state index in [1.165, 1.54) is 0 Å². The van der Waals surface area contributed by atoms with Gasteiger partial charge in [0.2, 0.25) is 0 Å². The number of aromatic amines is 1. The van der Waals surface area contributed by atoms with Crippen molar-refractivity contribution in [3.63, 3.8) is 0 Å². The predicted octanol–water partition coefficient (Wildman–Crippen LogP) is 3.11. The van der Waals surface area contributed by atoms with Gasteiger partial charge < -0.3 is 4.98 Å². The Morgan fingerprint density at radius 3 is 2.92 bits per heavy atom. The smallest absolute Gasteiger partial charge is 0.102 e. The Hall–Kier alpha value is -1.27. The molecule has 2 aromatic rings. The van der Waals surface area contributed by atoms with Crippen LogP contribution < -0.4 is 0 Å². The summed E-state index contributed by atoms with van der Waals surface area (Å²) in [5.74, 6) is 0. The molecule has 0 bridgehead atoms. The number of rotatable bonds is 0. The van der Waals surface area contributed by atoms with Crippen molar-refractivity contribution in [2.75, 3.05) is 0 Å². The van der Waals surface area contributed by atoms with E-state index in [-0.39, 0.29) is 0 Å². The van der Waals surface area contributed by atoms with Crippen LogP contribution in [0.3, 0.4) is 0 Å². The molecule has 0 atom stereocenters. The van der Waals surface area contributed by atoms with Gasteiger partial charge in [-0.3, -0.25) is 0 Å². The van der Waals surface area contributed by atoms with E-state index in [1.54, 1.807) is 0 Å². The van der Waals surface area contributed by atoms with Crippen LogP contribution in [0.5, 0.6) is 0 Å². The zero-order chi connectivity index (χ0) is 9.42. The number of hydrogen-bond acceptors (Lipinski definition) is 1. The molecule has 1 N–H and O–H groups in total. The van der Waals surface area contributed by atoms with Gasteiger partial charge in [-0.15, -0.1) is 0 Å². The summed E-state index contributed by atoms with van der Waals surface area (Å²) in [6.45, 7) is 1.94. The van der Waals surface area contributed by atoms with Crippen molar-refractivity contribution in [3.8, 4) is 6.07 Å². The summed E-state index contributed by atoms with van der Waals surface area (Å²) in [6, 6.07) is 6.16. The summed E-state index contributed by atoms with van der Waals surface area (Å²) in [5, 5.41) is 10.00. The number of hydrogen-bond donors (Lipinski definition) is 1. The first kappa shape index (κ1) is 8.33. The molecule has 0 unspecified atom stereocenters. The molecule has 13 heavy (non-hydrogen) atoms. The van der Waals surface area contributed by atoms with E-state index in [2.05, 4.69) is 27.0 Å². The van der Waals surface area contributed by atoms with Crippen molar-refractivity contribution in [1.29, 1.82) is 5.26 Å². The van der Waals surface area contributed by atoms with E-state index in [0.29, 0.717) is 0 Å². The minimum absolute atomic E-state index is 0.725. The fourth-order valence-electron chi connectivity index (χ4n) is 1.41. The lowest BCUT2D eigenvalue weighted by Gasteiger charge is -1.97. The van der Waals surface area contributed by atoms with Crippen LogP contribution in [0.25, 0.3) is 10.9 Å². The van der Waals surface area contributed by atoms with Crippen molar-refractivity contribution >= 4 is 26.8 Å². The van der Waals surface area contributed by atoms with Crippen molar-refractivity contribution in [1.82, 2.24) is 4.98 Å². The number of nitriles is 1. The van der Waals surface area contributed by atoms with Crippen molar-refractivity contribution in [3.05, 3.63) is 33.9 Å². The largest absolute Gasteiger partial charge is 0.359 e. The topological polar surface area (TPSA) is 39.6 Å². The molecule has 0 saturated heterocycles. The quantitative estimate of drug-likeness (QED) is 0.748. The summed E-state index contributed by atoms with van der Waals surface area (Å²) in [4.78, 5) is 3.08. The number of fused-ring (bicyclic) bond motifs is 1. The maximum absolute atomic E-state index is 8.94. The molecule has 1 heterocycles. The van der Waals surface area contributed by atoms with Crippen molar-refractivity contribution in [2.45, 2.75) is 6.92 Å². The SMILES string of the molecule is Cc1ccc2c(Br)c[nH]c2c1C#N. The number of nitrogens with zero attached hydrogens (tertiary/aromatic N) is 1. The van der Waals surface area contributed by atoms with Crippen LogP contribution in [-0.2, 0) is 0 Å². The summed E-state index contributed by atoms with van der Waals surface area (Å²) in [7, 11) is 0. The van der Waals surface area contributed by atoms with Gasteiger partial charge in [0.25, 0.3) is 0 Å². The third-order valence-electron chi connectivity index (χ3n) is 2.13. The lowest BCUT2D eigenvalue weighted by Crippen LogP contribution is -1.83. The molecule has 0 radical (unpaired) electrons. The highest BCUT2D eigenvalue weighted by Crippen LogP contribution is 2.27. The molecule has 64 valence electrons. The number of aryl methyl sites for hydroxylation is 1. The average molecular weight is 235 g/mol.